The molecule has 18 heavy (non-hydrogen) atoms. The van der Waals surface area contributed by atoms with Crippen LogP contribution >= 0.6 is 11.6 Å². The van der Waals surface area contributed by atoms with Gasteiger partial charge < -0.3 is 0 Å². The first-order valence-electron chi connectivity index (χ1n) is 5.85. The van der Waals surface area contributed by atoms with Crippen LogP contribution in [0.5, 0.6) is 0 Å². The second-order valence-electron chi connectivity index (χ2n) is 4.37. The molecule has 1 aliphatic rings. The molecule has 0 fully saturated rings. The van der Waals surface area contributed by atoms with Gasteiger partial charge in [-0.25, -0.2) is 4.98 Å². The predicted octanol–water partition coefficient (Wildman–Crippen LogP) is 3.04. The van der Waals surface area contributed by atoms with Crippen LogP contribution < -0.4 is 0 Å². The van der Waals surface area contributed by atoms with E-state index in [4.69, 9.17) is 11.6 Å². The summed E-state index contributed by atoms with van der Waals surface area (Å²) in [6.07, 6.45) is 5.04. The SMILES string of the molecule is O=C(c1ccnc(Cl)c1)C1CCc2cccnc21. The first kappa shape index (κ1) is 11.4. The highest BCUT2D eigenvalue weighted by molar-refractivity contribution is 6.29. The van der Waals surface area contributed by atoms with Gasteiger partial charge in [0.25, 0.3) is 0 Å². The summed E-state index contributed by atoms with van der Waals surface area (Å²) in [6.45, 7) is 0. The Balaban J connectivity index is 1.96. The Morgan fingerprint density at radius 2 is 2.17 bits per heavy atom. The maximum atomic E-state index is 12.4. The van der Waals surface area contributed by atoms with Crippen LogP contribution in [0.1, 0.15) is 34.0 Å². The summed E-state index contributed by atoms with van der Waals surface area (Å²) in [5.74, 6) is -0.0589. The van der Waals surface area contributed by atoms with Crippen LogP contribution in [-0.4, -0.2) is 15.8 Å². The molecule has 0 saturated heterocycles. The van der Waals surface area contributed by atoms with Crippen LogP contribution in [0, 0.1) is 0 Å². The highest BCUT2D eigenvalue weighted by Gasteiger charge is 2.30. The van der Waals surface area contributed by atoms with E-state index < -0.39 is 0 Å². The Morgan fingerprint density at radius 1 is 1.28 bits per heavy atom. The van der Waals surface area contributed by atoms with Gasteiger partial charge in [-0.3, -0.25) is 9.78 Å². The summed E-state index contributed by atoms with van der Waals surface area (Å²) in [6, 6.07) is 7.27. The third-order valence-electron chi connectivity index (χ3n) is 3.29. The Bertz CT molecular complexity index is 612. The van der Waals surface area contributed by atoms with Gasteiger partial charge in [-0.2, -0.15) is 0 Å². The van der Waals surface area contributed by atoms with E-state index in [-0.39, 0.29) is 11.7 Å². The third-order valence-corrected chi connectivity index (χ3v) is 3.49. The number of rotatable bonds is 2. The molecule has 0 saturated carbocycles. The fourth-order valence-electron chi connectivity index (χ4n) is 2.42. The molecule has 4 heteroatoms. The number of hydrogen-bond donors (Lipinski definition) is 0. The van der Waals surface area contributed by atoms with Gasteiger partial charge in [-0.15, -0.1) is 0 Å². The molecule has 2 heterocycles. The summed E-state index contributed by atoms with van der Waals surface area (Å²) < 4.78 is 0. The van der Waals surface area contributed by atoms with Gasteiger partial charge in [0.05, 0.1) is 11.6 Å². The van der Waals surface area contributed by atoms with E-state index >= 15 is 0 Å². The van der Waals surface area contributed by atoms with Crippen molar-refractivity contribution in [2.75, 3.05) is 0 Å². The molecular formula is C14H11ClN2O. The molecule has 3 nitrogen and oxygen atoms in total. The number of aryl methyl sites for hydroxylation is 1. The van der Waals surface area contributed by atoms with Crippen LogP contribution in [-0.2, 0) is 6.42 Å². The van der Waals surface area contributed by atoms with Gasteiger partial charge in [0.15, 0.2) is 5.78 Å². The summed E-state index contributed by atoms with van der Waals surface area (Å²) in [5, 5.41) is 0.347. The molecule has 2 aromatic heterocycles. The van der Waals surface area contributed by atoms with E-state index in [0.29, 0.717) is 10.7 Å². The number of carbonyl (C=O) groups excluding carboxylic acids is 1. The van der Waals surface area contributed by atoms with Crippen molar-refractivity contribution >= 4 is 17.4 Å². The number of ketones is 1. The number of nitrogens with zero attached hydrogens (tertiary/aromatic N) is 2. The Labute approximate surface area is 110 Å². The topological polar surface area (TPSA) is 42.9 Å². The highest BCUT2D eigenvalue weighted by Crippen LogP contribution is 2.33. The molecule has 2 aromatic rings. The molecular weight excluding hydrogens is 248 g/mol. The maximum absolute atomic E-state index is 12.4. The minimum absolute atomic E-state index is 0.0803. The van der Waals surface area contributed by atoms with Crippen LogP contribution in [0.2, 0.25) is 5.15 Å². The molecule has 1 unspecified atom stereocenters. The number of fused-ring (bicyclic) bond motifs is 1. The molecule has 0 aliphatic heterocycles. The maximum Gasteiger partial charge on any atom is 0.172 e. The molecule has 0 N–H and O–H groups in total. The summed E-state index contributed by atoms with van der Waals surface area (Å²) in [4.78, 5) is 20.7. The summed E-state index contributed by atoms with van der Waals surface area (Å²) >= 11 is 5.82. The fraction of sp³-hybridized carbons (Fsp3) is 0.214. The van der Waals surface area contributed by atoms with Crippen molar-refractivity contribution in [3.8, 4) is 0 Å². The minimum atomic E-state index is -0.139. The average Bonchev–Trinajstić information content (AvgIpc) is 2.82. The van der Waals surface area contributed by atoms with Gasteiger partial charge in [-0.1, -0.05) is 17.7 Å². The number of Topliss-reactive ketones (excluding diaryl/α,β-unsaturated/α-hetero) is 1. The van der Waals surface area contributed by atoms with Crippen LogP contribution in [0.4, 0.5) is 0 Å². The van der Waals surface area contributed by atoms with Crippen molar-refractivity contribution in [2.24, 2.45) is 0 Å². The number of halogens is 1. The van der Waals surface area contributed by atoms with E-state index in [1.165, 1.54) is 5.56 Å². The average molecular weight is 259 g/mol. The van der Waals surface area contributed by atoms with E-state index in [1.807, 2.05) is 12.1 Å². The van der Waals surface area contributed by atoms with E-state index in [2.05, 4.69) is 9.97 Å². The van der Waals surface area contributed by atoms with Crippen LogP contribution in [0.25, 0.3) is 0 Å². The molecule has 0 amide bonds. The zero-order chi connectivity index (χ0) is 12.5. The standard InChI is InChI=1S/C14H11ClN2O/c15-12-8-10(5-7-16-12)14(18)11-4-3-9-2-1-6-17-13(9)11/h1-2,5-8,11H,3-4H2. The van der Waals surface area contributed by atoms with Gasteiger partial charge >= 0.3 is 0 Å². The van der Waals surface area contributed by atoms with Crippen molar-refractivity contribution in [1.29, 1.82) is 0 Å². The lowest BCUT2D eigenvalue weighted by atomic mass is 9.96. The monoisotopic (exact) mass is 258 g/mol. The smallest absolute Gasteiger partial charge is 0.172 e. The number of carbonyl (C=O) groups is 1. The molecule has 0 spiro atoms. The van der Waals surface area contributed by atoms with Gasteiger partial charge in [0.1, 0.15) is 5.15 Å². The van der Waals surface area contributed by atoms with Crippen molar-refractivity contribution in [2.45, 2.75) is 18.8 Å². The first-order chi connectivity index (χ1) is 8.75. The van der Waals surface area contributed by atoms with Crippen LogP contribution in [0.3, 0.4) is 0 Å². The first-order valence-corrected chi connectivity index (χ1v) is 6.23. The Kier molecular flexibility index (Phi) is 2.84. The number of hydrogen-bond acceptors (Lipinski definition) is 3. The molecule has 1 aliphatic carbocycles. The lowest BCUT2D eigenvalue weighted by Crippen LogP contribution is -2.11. The Morgan fingerprint density at radius 3 is 3.00 bits per heavy atom. The number of pyridine rings is 2. The van der Waals surface area contributed by atoms with Gasteiger partial charge in [-0.05, 0) is 36.6 Å². The van der Waals surface area contributed by atoms with Crippen molar-refractivity contribution < 1.29 is 4.79 Å². The lowest BCUT2D eigenvalue weighted by Gasteiger charge is -2.09. The lowest BCUT2D eigenvalue weighted by molar-refractivity contribution is 0.0958. The Hall–Kier alpha value is -1.74. The van der Waals surface area contributed by atoms with Gasteiger partial charge in [0.2, 0.25) is 0 Å². The molecule has 0 radical (unpaired) electrons. The molecule has 0 aromatic carbocycles. The number of aromatic nitrogens is 2. The zero-order valence-corrected chi connectivity index (χ0v) is 10.4. The molecule has 0 bridgehead atoms. The second kappa shape index (κ2) is 4.50. The largest absolute Gasteiger partial charge is 0.293 e. The zero-order valence-electron chi connectivity index (χ0n) is 9.64. The minimum Gasteiger partial charge on any atom is -0.293 e. The van der Waals surface area contributed by atoms with Crippen molar-refractivity contribution in [1.82, 2.24) is 9.97 Å². The highest BCUT2D eigenvalue weighted by atomic mass is 35.5. The molecule has 1 atom stereocenters. The third kappa shape index (κ3) is 1.91. The van der Waals surface area contributed by atoms with Crippen molar-refractivity contribution in [3.63, 3.8) is 0 Å². The van der Waals surface area contributed by atoms with E-state index in [9.17, 15) is 4.79 Å². The predicted molar refractivity (Wildman–Crippen MR) is 68.9 cm³/mol. The quantitative estimate of drug-likeness (QED) is 0.614. The van der Waals surface area contributed by atoms with Crippen molar-refractivity contribution in [3.05, 3.63) is 58.6 Å². The summed E-state index contributed by atoms with van der Waals surface area (Å²) in [5.41, 5.74) is 2.70. The second-order valence-corrected chi connectivity index (χ2v) is 4.76. The summed E-state index contributed by atoms with van der Waals surface area (Å²) in [7, 11) is 0. The normalized spacial score (nSPS) is 17.5. The van der Waals surface area contributed by atoms with E-state index in [1.54, 1.807) is 24.5 Å². The molecule has 90 valence electrons. The van der Waals surface area contributed by atoms with Gasteiger partial charge in [0, 0.05) is 18.0 Å². The molecule has 3 rings (SSSR count). The fourth-order valence-corrected chi connectivity index (χ4v) is 2.60. The van der Waals surface area contributed by atoms with Crippen LogP contribution in [0.15, 0.2) is 36.7 Å². The van der Waals surface area contributed by atoms with E-state index in [0.717, 1.165) is 18.5 Å².